The van der Waals surface area contributed by atoms with Gasteiger partial charge in [-0.25, -0.2) is 4.98 Å². The summed E-state index contributed by atoms with van der Waals surface area (Å²) in [5.41, 5.74) is 6.66. The van der Waals surface area contributed by atoms with Crippen molar-refractivity contribution in [2.45, 2.75) is 16.5 Å². The first kappa shape index (κ1) is 10.2. The Kier molecular flexibility index (Phi) is 3.03. The highest BCUT2D eigenvalue weighted by Gasteiger charge is 2.01. The Morgan fingerprint density at radius 1 is 1.53 bits per heavy atom. The van der Waals surface area contributed by atoms with Crippen molar-refractivity contribution in [3.05, 3.63) is 36.3 Å². The van der Waals surface area contributed by atoms with Crippen LogP contribution in [-0.2, 0) is 13.6 Å². The van der Waals surface area contributed by atoms with Gasteiger partial charge in [-0.05, 0) is 17.7 Å². The third-order valence-corrected chi connectivity index (χ3v) is 2.82. The largest absolute Gasteiger partial charge is 0.326 e. The molecule has 0 aliphatic rings. The first-order chi connectivity index (χ1) is 7.28. The molecule has 2 aromatic rings. The van der Waals surface area contributed by atoms with E-state index in [0.29, 0.717) is 6.54 Å². The highest BCUT2D eigenvalue weighted by molar-refractivity contribution is 7.99. The summed E-state index contributed by atoms with van der Waals surface area (Å²) in [5.74, 6) is 0. The van der Waals surface area contributed by atoms with Gasteiger partial charge in [-0.3, -0.25) is 4.68 Å². The van der Waals surface area contributed by atoms with Gasteiger partial charge in [-0.1, -0.05) is 11.8 Å². The van der Waals surface area contributed by atoms with E-state index in [0.717, 1.165) is 15.5 Å². The van der Waals surface area contributed by atoms with Crippen LogP contribution in [0.1, 0.15) is 5.56 Å². The average Bonchev–Trinajstić information content (AvgIpc) is 2.64. The lowest BCUT2D eigenvalue weighted by molar-refractivity contribution is 0.766. The fourth-order valence-corrected chi connectivity index (χ4v) is 2.08. The molecule has 2 heterocycles. The fourth-order valence-electron chi connectivity index (χ4n) is 1.21. The zero-order valence-electron chi connectivity index (χ0n) is 8.42. The van der Waals surface area contributed by atoms with Gasteiger partial charge < -0.3 is 5.73 Å². The maximum absolute atomic E-state index is 5.56. The number of hydrogen-bond acceptors (Lipinski definition) is 4. The predicted octanol–water partition coefficient (Wildman–Crippen LogP) is 1.42. The molecule has 2 rings (SSSR count). The van der Waals surface area contributed by atoms with E-state index in [4.69, 9.17) is 5.73 Å². The number of nitrogens with zero attached hydrogens (tertiary/aromatic N) is 3. The lowest BCUT2D eigenvalue weighted by atomic mass is 10.3. The molecular weight excluding hydrogens is 208 g/mol. The maximum atomic E-state index is 5.56. The van der Waals surface area contributed by atoms with E-state index in [9.17, 15) is 0 Å². The number of nitrogens with two attached hydrogens (primary N) is 1. The summed E-state index contributed by atoms with van der Waals surface area (Å²) >= 11 is 1.59. The molecule has 5 heteroatoms. The van der Waals surface area contributed by atoms with Crippen LogP contribution in [0.15, 0.2) is 40.6 Å². The lowest BCUT2D eigenvalue weighted by Gasteiger charge is -1.99. The van der Waals surface area contributed by atoms with E-state index in [1.807, 2.05) is 31.6 Å². The molecule has 4 nitrogen and oxygen atoms in total. The van der Waals surface area contributed by atoms with E-state index < -0.39 is 0 Å². The average molecular weight is 220 g/mol. The molecule has 0 aliphatic carbocycles. The SMILES string of the molecule is Cn1cc(Sc2cc(CN)ccn2)cn1. The number of rotatable bonds is 3. The second-order valence-electron chi connectivity index (χ2n) is 3.16. The Morgan fingerprint density at radius 3 is 3.07 bits per heavy atom. The lowest BCUT2D eigenvalue weighted by Crippen LogP contribution is -1.96. The second-order valence-corrected chi connectivity index (χ2v) is 4.25. The van der Waals surface area contributed by atoms with Crippen LogP contribution in [0.3, 0.4) is 0 Å². The van der Waals surface area contributed by atoms with Crippen molar-refractivity contribution in [3.63, 3.8) is 0 Å². The minimum atomic E-state index is 0.545. The summed E-state index contributed by atoms with van der Waals surface area (Å²) in [6.45, 7) is 0.545. The van der Waals surface area contributed by atoms with Gasteiger partial charge in [0.05, 0.1) is 11.1 Å². The van der Waals surface area contributed by atoms with E-state index in [1.54, 1.807) is 22.6 Å². The van der Waals surface area contributed by atoms with Gasteiger partial charge in [0.15, 0.2) is 0 Å². The summed E-state index contributed by atoms with van der Waals surface area (Å²) in [5, 5.41) is 5.05. The smallest absolute Gasteiger partial charge is 0.101 e. The number of hydrogen-bond donors (Lipinski definition) is 1. The molecule has 0 aliphatic heterocycles. The van der Waals surface area contributed by atoms with Gasteiger partial charge in [-0.15, -0.1) is 0 Å². The predicted molar refractivity (Wildman–Crippen MR) is 59.5 cm³/mol. The van der Waals surface area contributed by atoms with Crippen molar-refractivity contribution >= 4 is 11.8 Å². The van der Waals surface area contributed by atoms with Crippen molar-refractivity contribution in [1.82, 2.24) is 14.8 Å². The second kappa shape index (κ2) is 4.46. The zero-order valence-corrected chi connectivity index (χ0v) is 9.24. The summed E-state index contributed by atoms with van der Waals surface area (Å²) < 4.78 is 1.77. The summed E-state index contributed by atoms with van der Waals surface area (Å²) in [6, 6.07) is 3.92. The number of aromatic nitrogens is 3. The van der Waals surface area contributed by atoms with Crippen molar-refractivity contribution in [3.8, 4) is 0 Å². The zero-order chi connectivity index (χ0) is 10.7. The monoisotopic (exact) mass is 220 g/mol. The number of pyridine rings is 1. The molecule has 0 aromatic carbocycles. The quantitative estimate of drug-likeness (QED) is 0.850. The fraction of sp³-hybridized carbons (Fsp3) is 0.200. The van der Waals surface area contributed by atoms with E-state index in [-0.39, 0.29) is 0 Å². The molecular formula is C10H12N4S. The standard InChI is InChI=1S/C10H12N4S/c1-14-7-9(6-13-14)15-10-4-8(5-11)2-3-12-10/h2-4,6-7H,5,11H2,1H3. The van der Waals surface area contributed by atoms with Crippen LogP contribution in [0.5, 0.6) is 0 Å². The van der Waals surface area contributed by atoms with Gasteiger partial charge >= 0.3 is 0 Å². The summed E-state index contributed by atoms with van der Waals surface area (Å²) in [6.07, 6.45) is 5.56. The first-order valence-electron chi connectivity index (χ1n) is 4.59. The highest BCUT2D eigenvalue weighted by Crippen LogP contribution is 2.25. The molecule has 15 heavy (non-hydrogen) atoms. The molecule has 2 N–H and O–H groups in total. The Balaban J connectivity index is 2.16. The minimum Gasteiger partial charge on any atom is -0.326 e. The van der Waals surface area contributed by atoms with Crippen LogP contribution < -0.4 is 5.73 Å². The molecule has 0 unspecified atom stereocenters. The molecule has 78 valence electrons. The topological polar surface area (TPSA) is 56.7 Å². The van der Waals surface area contributed by atoms with Crippen LogP contribution in [0, 0.1) is 0 Å². The molecule has 0 radical (unpaired) electrons. The molecule has 0 spiro atoms. The van der Waals surface area contributed by atoms with Gasteiger partial charge in [0.25, 0.3) is 0 Å². The summed E-state index contributed by atoms with van der Waals surface area (Å²) in [4.78, 5) is 5.34. The Morgan fingerprint density at radius 2 is 2.40 bits per heavy atom. The van der Waals surface area contributed by atoms with Gasteiger partial charge in [0.2, 0.25) is 0 Å². The molecule has 0 atom stereocenters. The Hall–Kier alpha value is -1.33. The molecule has 2 aromatic heterocycles. The van der Waals surface area contributed by atoms with Crippen LogP contribution in [0.4, 0.5) is 0 Å². The van der Waals surface area contributed by atoms with E-state index in [2.05, 4.69) is 10.1 Å². The molecule has 0 fully saturated rings. The molecule has 0 saturated heterocycles. The van der Waals surface area contributed by atoms with Crippen LogP contribution >= 0.6 is 11.8 Å². The molecule has 0 saturated carbocycles. The molecule has 0 amide bonds. The Bertz CT molecular complexity index is 452. The highest BCUT2D eigenvalue weighted by atomic mass is 32.2. The van der Waals surface area contributed by atoms with Gasteiger partial charge in [0.1, 0.15) is 5.03 Å². The normalized spacial score (nSPS) is 10.5. The third-order valence-electron chi connectivity index (χ3n) is 1.94. The van der Waals surface area contributed by atoms with Gasteiger partial charge in [0, 0.05) is 26.0 Å². The summed E-state index contributed by atoms with van der Waals surface area (Å²) in [7, 11) is 1.90. The molecule has 0 bridgehead atoms. The van der Waals surface area contributed by atoms with Crippen LogP contribution in [0.25, 0.3) is 0 Å². The Labute approximate surface area is 92.5 Å². The third kappa shape index (κ3) is 2.57. The van der Waals surface area contributed by atoms with Crippen molar-refractivity contribution in [2.24, 2.45) is 12.8 Å². The first-order valence-corrected chi connectivity index (χ1v) is 5.41. The van der Waals surface area contributed by atoms with Crippen LogP contribution in [-0.4, -0.2) is 14.8 Å². The van der Waals surface area contributed by atoms with Crippen molar-refractivity contribution in [2.75, 3.05) is 0 Å². The van der Waals surface area contributed by atoms with Crippen molar-refractivity contribution in [1.29, 1.82) is 0 Å². The number of aryl methyl sites for hydroxylation is 1. The van der Waals surface area contributed by atoms with E-state index in [1.165, 1.54) is 0 Å². The van der Waals surface area contributed by atoms with E-state index >= 15 is 0 Å². The van der Waals surface area contributed by atoms with Crippen molar-refractivity contribution < 1.29 is 0 Å². The van der Waals surface area contributed by atoms with Gasteiger partial charge in [-0.2, -0.15) is 5.10 Å². The maximum Gasteiger partial charge on any atom is 0.101 e. The van der Waals surface area contributed by atoms with Crippen LogP contribution in [0.2, 0.25) is 0 Å². The minimum absolute atomic E-state index is 0.545.